The third kappa shape index (κ3) is 11.8. The van der Waals surface area contributed by atoms with E-state index < -0.39 is 5.97 Å². The van der Waals surface area contributed by atoms with Crippen LogP contribution in [0.1, 0.15) is 53.4 Å². The predicted octanol–water partition coefficient (Wildman–Crippen LogP) is 2.86. The average Bonchev–Trinajstić information content (AvgIpc) is 2.30. The van der Waals surface area contributed by atoms with Crippen LogP contribution in [0, 0.1) is 17.8 Å². The first-order valence-corrected chi connectivity index (χ1v) is 7.54. The van der Waals surface area contributed by atoms with E-state index in [2.05, 4.69) is 38.3 Å². The largest absolute Gasteiger partial charge is 0.481 e. The topological polar surface area (TPSA) is 78.4 Å². The van der Waals surface area contributed by atoms with Crippen molar-refractivity contribution in [2.75, 3.05) is 13.1 Å². The number of rotatable bonds is 10. The molecule has 0 aliphatic heterocycles. The number of urea groups is 1. The van der Waals surface area contributed by atoms with Gasteiger partial charge in [0, 0.05) is 19.5 Å². The highest BCUT2D eigenvalue weighted by Crippen LogP contribution is 2.14. The van der Waals surface area contributed by atoms with Gasteiger partial charge < -0.3 is 15.7 Å². The maximum absolute atomic E-state index is 11.6. The van der Waals surface area contributed by atoms with E-state index in [-0.39, 0.29) is 18.4 Å². The number of carbonyl (C=O) groups excluding carboxylic acids is 1. The minimum Gasteiger partial charge on any atom is -0.481 e. The van der Waals surface area contributed by atoms with Crippen LogP contribution < -0.4 is 10.6 Å². The molecule has 1 atom stereocenters. The van der Waals surface area contributed by atoms with Crippen LogP contribution in [0.3, 0.4) is 0 Å². The fraction of sp³-hybridized carbons (Fsp3) is 0.867. The summed E-state index contributed by atoms with van der Waals surface area (Å²) < 4.78 is 0. The summed E-state index contributed by atoms with van der Waals surface area (Å²) in [6.07, 6.45) is 2.97. The highest BCUT2D eigenvalue weighted by molar-refractivity contribution is 5.74. The second-order valence-corrected chi connectivity index (χ2v) is 6.27. The van der Waals surface area contributed by atoms with E-state index in [0.717, 1.165) is 19.3 Å². The Kier molecular flexibility index (Phi) is 9.86. The summed E-state index contributed by atoms with van der Waals surface area (Å²) >= 11 is 0. The molecule has 0 aromatic carbocycles. The summed E-state index contributed by atoms with van der Waals surface area (Å²) in [5.74, 6) is 0.254. The Balaban J connectivity index is 3.89. The number of carboxylic acids is 1. The fourth-order valence-corrected chi connectivity index (χ4v) is 2.16. The summed E-state index contributed by atoms with van der Waals surface area (Å²) in [7, 11) is 0. The molecule has 0 fully saturated rings. The van der Waals surface area contributed by atoms with E-state index in [9.17, 15) is 9.59 Å². The van der Waals surface area contributed by atoms with E-state index in [0.29, 0.717) is 24.9 Å². The predicted molar refractivity (Wildman–Crippen MR) is 80.7 cm³/mol. The lowest BCUT2D eigenvalue weighted by Gasteiger charge is -2.18. The Bertz CT molecular complexity index is 291. The molecule has 0 rings (SSSR count). The molecule has 2 amide bonds. The van der Waals surface area contributed by atoms with Gasteiger partial charge in [-0.05, 0) is 37.0 Å². The van der Waals surface area contributed by atoms with Crippen LogP contribution >= 0.6 is 0 Å². The second-order valence-electron chi connectivity index (χ2n) is 6.27. The van der Waals surface area contributed by atoms with E-state index in [1.165, 1.54) is 0 Å². The maximum atomic E-state index is 11.6. The molecule has 3 N–H and O–H groups in total. The molecular formula is C15H30N2O3. The van der Waals surface area contributed by atoms with Gasteiger partial charge in [0.05, 0.1) is 0 Å². The SMILES string of the molecule is CC(C)CCCNC(=O)NCC(CC(=O)O)CC(C)C. The summed E-state index contributed by atoms with van der Waals surface area (Å²) in [5.41, 5.74) is 0. The number of carbonyl (C=O) groups is 2. The number of hydrogen-bond acceptors (Lipinski definition) is 2. The maximum Gasteiger partial charge on any atom is 0.314 e. The lowest BCUT2D eigenvalue weighted by atomic mass is 9.94. The first-order chi connectivity index (χ1) is 9.31. The molecule has 20 heavy (non-hydrogen) atoms. The van der Waals surface area contributed by atoms with Gasteiger partial charge in [-0.25, -0.2) is 4.79 Å². The molecule has 0 aromatic heterocycles. The van der Waals surface area contributed by atoms with Crippen molar-refractivity contribution in [1.29, 1.82) is 0 Å². The van der Waals surface area contributed by atoms with Gasteiger partial charge in [0.25, 0.3) is 0 Å². The van der Waals surface area contributed by atoms with Gasteiger partial charge in [0.1, 0.15) is 0 Å². The zero-order valence-corrected chi connectivity index (χ0v) is 13.2. The monoisotopic (exact) mass is 286 g/mol. The number of nitrogens with one attached hydrogen (secondary N) is 2. The van der Waals surface area contributed by atoms with E-state index in [4.69, 9.17) is 5.11 Å². The van der Waals surface area contributed by atoms with Gasteiger partial charge in [-0.1, -0.05) is 27.7 Å². The van der Waals surface area contributed by atoms with Crippen LogP contribution in [0.25, 0.3) is 0 Å². The zero-order chi connectivity index (χ0) is 15.5. The quantitative estimate of drug-likeness (QED) is 0.540. The molecule has 0 spiro atoms. The summed E-state index contributed by atoms with van der Waals surface area (Å²) in [5, 5.41) is 14.4. The normalized spacial score (nSPS) is 12.5. The number of hydrogen-bond donors (Lipinski definition) is 3. The molecule has 0 bridgehead atoms. The molecule has 0 aliphatic carbocycles. The van der Waals surface area contributed by atoms with Crippen molar-refractivity contribution in [3.8, 4) is 0 Å². The van der Waals surface area contributed by atoms with Crippen LogP contribution in [-0.4, -0.2) is 30.2 Å². The summed E-state index contributed by atoms with van der Waals surface area (Å²) in [6.45, 7) is 9.50. The molecule has 1 unspecified atom stereocenters. The van der Waals surface area contributed by atoms with E-state index >= 15 is 0 Å². The molecule has 0 saturated carbocycles. The van der Waals surface area contributed by atoms with Gasteiger partial charge in [0.2, 0.25) is 0 Å². The molecule has 0 heterocycles. The van der Waals surface area contributed by atoms with Crippen LogP contribution in [0.15, 0.2) is 0 Å². The smallest absolute Gasteiger partial charge is 0.314 e. The van der Waals surface area contributed by atoms with Gasteiger partial charge in [-0.3, -0.25) is 4.79 Å². The molecule has 0 aliphatic rings. The molecule has 0 saturated heterocycles. The Morgan fingerprint density at radius 3 is 2.20 bits per heavy atom. The lowest BCUT2D eigenvalue weighted by molar-refractivity contribution is -0.138. The Hall–Kier alpha value is -1.26. The molecule has 0 aromatic rings. The Labute approximate surface area is 122 Å². The van der Waals surface area contributed by atoms with Crippen molar-refractivity contribution in [3.63, 3.8) is 0 Å². The zero-order valence-electron chi connectivity index (χ0n) is 13.2. The third-order valence-corrected chi connectivity index (χ3v) is 3.06. The Morgan fingerprint density at radius 2 is 1.70 bits per heavy atom. The highest BCUT2D eigenvalue weighted by atomic mass is 16.4. The molecule has 5 nitrogen and oxygen atoms in total. The van der Waals surface area contributed by atoms with Gasteiger partial charge in [0.15, 0.2) is 0 Å². The molecule has 0 radical (unpaired) electrons. The fourth-order valence-electron chi connectivity index (χ4n) is 2.16. The summed E-state index contributed by atoms with van der Waals surface area (Å²) in [6, 6.07) is -0.201. The van der Waals surface area contributed by atoms with Gasteiger partial charge in [-0.2, -0.15) is 0 Å². The highest BCUT2D eigenvalue weighted by Gasteiger charge is 2.15. The van der Waals surface area contributed by atoms with Crippen molar-refractivity contribution < 1.29 is 14.7 Å². The summed E-state index contributed by atoms with van der Waals surface area (Å²) in [4.78, 5) is 22.4. The number of amides is 2. The van der Waals surface area contributed by atoms with Crippen molar-refractivity contribution in [2.24, 2.45) is 17.8 Å². The van der Waals surface area contributed by atoms with E-state index in [1.807, 2.05) is 0 Å². The molecule has 5 heteroatoms. The van der Waals surface area contributed by atoms with Crippen molar-refractivity contribution in [2.45, 2.75) is 53.4 Å². The second kappa shape index (κ2) is 10.5. The number of aliphatic carboxylic acids is 1. The molecular weight excluding hydrogens is 256 g/mol. The van der Waals surface area contributed by atoms with E-state index in [1.54, 1.807) is 0 Å². The van der Waals surface area contributed by atoms with Crippen LogP contribution in [0.5, 0.6) is 0 Å². The molecule has 118 valence electrons. The standard InChI is InChI=1S/C15H30N2O3/c1-11(2)6-5-7-16-15(20)17-10-13(8-12(3)4)9-14(18)19/h11-13H,5-10H2,1-4H3,(H,18,19)(H2,16,17,20). The lowest BCUT2D eigenvalue weighted by Crippen LogP contribution is -2.39. The minimum atomic E-state index is -0.810. The minimum absolute atomic E-state index is 0.00564. The van der Waals surface area contributed by atoms with Gasteiger partial charge >= 0.3 is 12.0 Å². The van der Waals surface area contributed by atoms with Crippen molar-refractivity contribution in [1.82, 2.24) is 10.6 Å². The van der Waals surface area contributed by atoms with Crippen molar-refractivity contribution in [3.05, 3.63) is 0 Å². The third-order valence-electron chi connectivity index (χ3n) is 3.06. The van der Waals surface area contributed by atoms with Crippen LogP contribution in [0.2, 0.25) is 0 Å². The number of carboxylic acid groups (broad SMARTS) is 1. The first-order valence-electron chi connectivity index (χ1n) is 7.54. The van der Waals surface area contributed by atoms with Gasteiger partial charge in [-0.15, -0.1) is 0 Å². The van der Waals surface area contributed by atoms with Crippen molar-refractivity contribution >= 4 is 12.0 Å². The first kappa shape index (κ1) is 18.7. The van der Waals surface area contributed by atoms with Crippen LogP contribution in [-0.2, 0) is 4.79 Å². The van der Waals surface area contributed by atoms with Crippen LogP contribution in [0.4, 0.5) is 4.79 Å². The average molecular weight is 286 g/mol. The Morgan fingerprint density at radius 1 is 1.05 bits per heavy atom.